The van der Waals surface area contributed by atoms with Crippen molar-refractivity contribution in [2.45, 2.75) is 30.1 Å². The van der Waals surface area contributed by atoms with Crippen molar-refractivity contribution < 1.29 is 8.60 Å². The zero-order chi connectivity index (χ0) is 25.8. The lowest BCUT2D eigenvalue weighted by atomic mass is 10.00. The van der Waals surface area contributed by atoms with Crippen LogP contribution in [0.25, 0.3) is 11.3 Å². The standard InChI is InChI=1S/C27H31FN6OS2/c1-20(31-37(35)26-18-30-27(36-26)33-15-13-32(2)14-16-33)23-5-3-4-6-24(23)25-17-29-19-34(25)12-11-21-7-9-22(28)10-8-21/h3-10,17-20,31H,11-16H2,1-2H3. The van der Waals surface area contributed by atoms with Gasteiger partial charge in [-0.25, -0.2) is 23.3 Å². The molecule has 1 fully saturated rings. The number of halogens is 1. The third-order valence-corrected chi connectivity index (χ3v) is 9.28. The average Bonchev–Trinajstić information content (AvgIpc) is 3.59. The molecule has 37 heavy (non-hydrogen) atoms. The van der Waals surface area contributed by atoms with Gasteiger partial charge < -0.3 is 14.4 Å². The number of nitrogens with one attached hydrogen (secondary N) is 1. The first-order valence-electron chi connectivity index (χ1n) is 12.4. The van der Waals surface area contributed by atoms with Crippen LogP contribution in [-0.4, -0.2) is 56.9 Å². The quantitative estimate of drug-likeness (QED) is 0.340. The third-order valence-electron chi connectivity index (χ3n) is 6.68. The Morgan fingerprint density at radius 2 is 1.84 bits per heavy atom. The van der Waals surface area contributed by atoms with Crippen molar-refractivity contribution in [3.63, 3.8) is 0 Å². The Hall–Kier alpha value is -2.92. The Kier molecular flexibility index (Phi) is 8.09. The fourth-order valence-corrected chi connectivity index (χ4v) is 6.58. The molecule has 3 heterocycles. The minimum Gasteiger partial charge on any atom is -0.345 e. The highest BCUT2D eigenvalue weighted by molar-refractivity contribution is 7.85. The van der Waals surface area contributed by atoms with E-state index in [4.69, 9.17) is 0 Å². The van der Waals surface area contributed by atoms with E-state index in [0.717, 1.165) is 70.9 Å². The molecule has 194 valence electrons. The zero-order valence-corrected chi connectivity index (χ0v) is 22.6. The molecule has 0 amide bonds. The summed E-state index contributed by atoms with van der Waals surface area (Å²) in [5.74, 6) is -0.228. The van der Waals surface area contributed by atoms with Crippen LogP contribution in [0.5, 0.6) is 0 Å². The lowest BCUT2D eigenvalue weighted by Gasteiger charge is -2.32. The maximum atomic E-state index is 13.3. The highest BCUT2D eigenvalue weighted by Gasteiger charge is 2.21. The van der Waals surface area contributed by atoms with Crippen LogP contribution in [0.1, 0.15) is 24.1 Å². The fraction of sp³-hybridized carbons (Fsp3) is 0.333. The topological polar surface area (TPSA) is 66.3 Å². The molecule has 0 saturated carbocycles. The summed E-state index contributed by atoms with van der Waals surface area (Å²) in [5, 5.41) is 0.927. The van der Waals surface area contributed by atoms with Crippen molar-refractivity contribution in [2.24, 2.45) is 0 Å². The van der Waals surface area contributed by atoms with Crippen LogP contribution < -0.4 is 9.62 Å². The summed E-state index contributed by atoms with van der Waals surface area (Å²) in [7, 11) is 0.747. The molecule has 2 unspecified atom stereocenters. The van der Waals surface area contributed by atoms with Gasteiger partial charge in [0.05, 0.1) is 24.4 Å². The molecule has 0 aliphatic carbocycles. The van der Waals surface area contributed by atoms with Gasteiger partial charge in [-0.3, -0.25) is 0 Å². The van der Waals surface area contributed by atoms with Crippen molar-refractivity contribution in [3.05, 3.63) is 84.2 Å². The molecule has 1 N–H and O–H groups in total. The fourth-order valence-electron chi connectivity index (χ4n) is 4.49. The van der Waals surface area contributed by atoms with Crippen molar-refractivity contribution >= 4 is 27.5 Å². The van der Waals surface area contributed by atoms with E-state index in [2.05, 4.69) is 48.2 Å². The van der Waals surface area contributed by atoms with Crippen LogP contribution in [-0.2, 0) is 24.0 Å². The maximum Gasteiger partial charge on any atom is 0.186 e. The molecular formula is C27H31FN6OS2. The van der Waals surface area contributed by atoms with E-state index in [0.29, 0.717) is 0 Å². The molecule has 2 aromatic heterocycles. The lowest BCUT2D eigenvalue weighted by molar-refractivity contribution is 0.313. The summed E-state index contributed by atoms with van der Waals surface area (Å²) in [5.41, 5.74) is 4.15. The molecule has 2 atom stereocenters. The summed E-state index contributed by atoms with van der Waals surface area (Å²) >= 11 is 1.49. The number of nitrogens with zero attached hydrogens (tertiary/aromatic N) is 5. The monoisotopic (exact) mass is 538 g/mol. The first-order valence-corrected chi connectivity index (χ1v) is 14.4. The maximum absolute atomic E-state index is 13.3. The van der Waals surface area contributed by atoms with Gasteiger partial charge in [0.15, 0.2) is 5.13 Å². The second-order valence-corrected chi connectivity index (χ2v) is 11.8. The van der Waals surface area contributed by atoms with Crippen LogP contribution >= 0.6 is 11.3 Å². The Bertz CT molecular complexity index is 1350. The highest BCUT2D eigenvalue weighted by Crippen LogP contribution is 2.30. The number of thiazole rings is 1. The number of rotatable bonds is 9. The minimum atomic E-state index is -1.38. The number of aryl methyl sites for hydroxylation is 2. The Morgan fingerprint density at radius 3 is 2.62 bits per heavy atom. The van der Waals surface area contributed by atoms with Crippen molar-refractivity contribution in [1.82, 2.24) is 24.2 Å². The SMILES string of the molecule is CC(NS(=O)c1cnc(N2CCN(C)CC2)s1)c1ccccc1-c1cncn1CCc1ccc(F)cc1. The van der Waals surface area contributed by atoms with Gasteiger partial charge in [-0.05, 0) is 43.7 Å². The van der Waals surface area contributed by atoms with Gasteiger partial charge in [-0.2, -0.15) is 0 Å². The number of hydrogen-bond donors (Lipinski definition) is 1. The molecule has 0 spiro atoms. The van der Waals surface area contributed by atoms with Crippen LogP contribution in [0.3, 0.4) is 0 Å². The number of hydrogen-bond acceptors (Lipinski definition) is 6. The first kappa shape index (κ1) is 25.7. The van der Waals surface area contributed by atoms with E-state index in [1.165, 1.54) is 23.5 Å². The molecule has 10 heteroatoms. The normalized spacial score (nSPS) is 16.1. The highest BCUT2D eigenvalue weighted by atomic mass is 32.2. The number of benzene rings is 2. The van der Waals surface area contributed by atoms with Gasteiger partial charge in [0.2, 0.25) is 0 Å². The largest absolute Gasteiger partial charge is 0.345 e. The van der Waals surface area contributed by atoms with Crippen LogP contribution in [0.2, 0.25) is 0 Å². The van der Waals surface area contributed by atoms with Gasteiger partial charge in [-0.15, -0.1) is 0 Å². The summed E-state index contributed by atoms with van der Waals surface area (Å²) in [6, 6.07) is 14.6. The number of imidazole rings is 1. The summed E-state index contributed by atoms with van der Waals surface area (Å²) in [6.07, 6.45) is 6.18. The Labute approximate surface area is 223 Å². The molecule has 4 aromatic rings. The average molecular weight is 539 g/mol. The van der Waals surface area contributed by atoms with Gasteiger partial charge in [-0.1, -0.05) is 47.7 Å². The van der Waals surface area contributed by atoms with Gasteiger partial charge >= 0.3 is 0 Å². The van der Waals surface area contributed by atoms with Gasteiger partial charge in [0.25, 0.3) is 0 Å². The van der Waals surface area contributed by atoms with E-state index < -0.39 is 11.0 Å². The number of piperazine rings is 1. The van der Waals surface area contributed by atoms with E-state index in [1.807, 2.05) is 43.7 Å². The van der Waals surface area contributed by atoms with Gasteiger partial charge in [0, 0.05) is 44.3 Å². The van der Waals surface area contributed by atoms with E-state index >= 15 is 0 Å². The molecule has 7 nitrogen and oxygen atoms in total. The smallest absolute Gasteiger partial charge is 0.186 e. The predicted molar refractivity (Wildman–Crippen MR) is 148 cm³/mol. The number of likely N-dealkylation sites (N-methyl/N-ethyl adjacent to an activating group) is 1. The molecule has 5 rings (SSSR count). The summed E-state index contributed by atoms with van der Waals surface area (Å²) < 4.78 is 32.6. The Balaban J connectivity index is 1.28. The molecule has 1 aliphatic rings. The van der Waals surface area contributed by atoms with E-state index in [-0.39, 0.29) is 11.9 Å². The van der Waals surface area contributed by atoms with E-state index in [9.17, 15) is 8.60 Å². The number of aromatic nitrogens is 3. The molecule has 0 radical (unpaired) electrons. The van der Waals surface area contributed by atoms with Crippen molar-refractivity contribution in [3.8, 4) is 11.3 Å². The Morgan fingerprint density at radius 1 is 1.08 bits per heavy atom. The predicted octanol–water partition coefficient (Wildman–Crippen LogP) is 4.51. The summed E-state index contributed by atoms with van der Waals surface area (Å²) in [6.45, 7) is 6.62. The second-order valence-electron chi connectivity index (χ2n) is 9.30. The number of anilines is 1. The van der Waals surface area contributed by atoms with Crippen molar-refractivity contribution in [2.75, 3.05) is 38.1 Å². The summed E-state index contributed by atoms with van der Waals surface area (Å²) in [4.78, 5) is 13.5. The molecular weight excluding hydrogens is 507 g/mol. The van der Waals surface area contributed by atoms with E-state index in [1.54, 1.807) is 6.20 Å². The minimum absolute atomic E-state index is 0.160. The van der Waals surface area contributed by atoms with Crippen LogP contribution in [0, 0.1) is 5.82 Å². The molecule has 0 bridgehead atoms. The van der Waals surface area contributed by atoms with Crippen molar-refractivity contribution in [1.29, 1.82) is 0 Å². The van der Waals surface area contributed by atoms with Crippen LogP contribution in [0.4, 0.5) is 9.52 Å². The lowest BCUT2D eigenvalue weighted by Crippen LogP contribution is -2.44. The first-order chi connectivity index (χ1) is 18.0. The van der Waals surface area contributed by atoms with Gasteiger partial charge in [0.1, 0.15) is 21.0 Å². The molecule has 2 aromatic carbocycles. The molecule has 1 aliphatic heterocycles. The van der Waals surface area contributed by atoms with Crippen LogP contribution in [0.15, 0.2) is 71.5 Å². The third kappa shape index (κ3) is 6.15. The zero-order valence-electron chi connectivity index (χ0n) is 21.0. The second kappa shape index (κ2) is 11.6. The molecule has 1 saturated heterocycles.